The summed E-state index contributed by atoms with van der Waals surface area (Å²) in [6.07, 6.45) is 6.44. The number of para-hydroxylation sites is 2. The molecule has 1 aliphatic carbocycles. The van der Waals surface area contributed by atoms with Crippen LogP contribution >= 0.6 is 0 Å². The Labute approximate surface area is 172 Å². The normalized spacial score (nSPS) is 18.6. The van der Waals surface area contributed by atoms with Crippen molar-refractivity contribution in [1.82, 2.24) is 29.7 Å². The van der Waals surface area contributed by atoms with E-state index in [-0.39, 0.29) is 5.69 Å². The lowest BCUT2D eigenvalue weighted by atomic mass is 10.2. The van der Waals surface area contributed by atoms with Crippen LogP contribution in [0.15, 0.2) is 53.6 Å². The summed E-state index contributed by atoms with van der Waals surface area (Å²) in [5.74, 6) is 1.36. The highest BCUT2D eigenvalue weighted by molar-refractivity contribution is 5.77. The van der Waals surface area contributed by atoms with E-state index in [2.05, 4.69) is 35.8 Å². The first-order valence-electron chi connectivity index (χ1n) is 10.0. The predicted octanol–water partition coefficient (Wildman–Crippen LogP) is 2.65. The van der Waals surface area contributed by atoms with Gasteiger partial charge in [0.25, 0.3) is 0 Å². The van der Waals surface area contributed by atoms with Crippen LogP contribution in [0.3, 0.4) is 0 Å². The zero-order chi connectivity index (χ0) is 20.5. The van der Waals surface area contributed by atoms with Crippen molar-refractivity contribution in [1.29, 1.82) is 0 Å². The molecule has 2 atom stereocenters. The molecule has 3 aromatic heterocycles. The van der Waals surface area contributed by atoms with Gasteiger partial charge in [0.05, 0.1) is 34.8 Å². The lowest BCUT2D eigenvalue weighted by Gasteiger charge is -2.15. The number of hydrogen-bond acceptors (Lipinski definition) is 7. The van der Waals surface area contributed by atoms with Crippen molar-refractivity contribution in [2.45, 2.75) is 38.3 Å². The molecule has 1 aliphatic rings. The van der Waals surface area contributed by atoms with Crippen molar-refractivity contribution in [2.24, 2.45) is 0 Å². The molecular weight excluding hydrogens is 380 g/mol. The Morgan fingerprint density at radius 3 is 2.60 bits per heavy atom. The number of nitrogens with one attached hydrogen (secondary N) is 3. The molecule has 30 heavy (non-hydrogen) atoms. The number of fused-ring (bicyclic) bond motifs is 1. The van der Waals surface area contributed by atoms with Crippen LogP contribution in [0.2, 0.25) is 0 Å². The van der Waals surface area contributed by atoms with E-state index in [0.717, 1.165) is 47.5 Å². The monoisotopic (exact) mass is 402 g/mol. The largest absolute Gasteiger partial charge is 0.367 e. The van der Waals surface area contributed by atoms with Gasteiger partial charge in [0.15, 0.2) is 0 Å². The molecule has 1 aromatic carbocycles. The minimum atomic E-state index is -0.170. The van der Waals surface area contributed by atoms with Gasteiger partial charge in [-0.15, -0.1) is 5.10 Å². The Kier molecular flexibility index (Phi) is 4.62. The molecule has 0 radical (unpaired) electrons. The standard InChI is InChI=1S/C21H22N8O/c1-13-11-23-20(28-27-13)25-15-7-6-14(10-15)24-19-9-8-16(12-22-19)29-18-5-3-2-4-17(18)26-21(29)30/h2-5,8-9,11-12,14-15H,6-7,10H2,1H3,(H,22,24)(H,26,30)(H,23,25,28)/t14-,15-/m0/s1. The summed E-state index contributed by atoms with van der Waals surface area (Å²) in [6, 6.07) is 12.1. The molecule has 0 aliphatic heterocycles. The maximum absolute atomic E-state index is 12.3. The highest BCUT2D eigenvalue weighted by Gasteiger charge is 2.25. The number of aryl methyl sites for hydroxylation is 1. The predicted molar refractivity (Wildman–Crippen MR) is 115 cm³/mol. The van der Waals surface area contributed by atoms with Crippen LogP contribution in [-0.4, -0.2) is 41.8 Å². The number of imidazole rings is 1. The lowest BCUT2D eigenvalue weighted by Crippen LogP contribution is -2.22. The molecule has 0 bridgehead atoms. The van der Waals surface area contributed by atoms with E-state index in [9.17, 15) is 4.79 Å². The Hall–Kier alpha value is -3.75. The van der Waals surface area contributed by atoms with E-state index in [1.807, 2.05) is 43.3 Å². The van der Waals surface area contributed by atoms with Crippen LogP contribution in [-0.2, 0) is 0 Å². The summed E-state index contributed by atoms with van der Waals surface area (Å²) in [6.45, 7) is 1.87. The third-order valence-corrected chi connectivity index (χ3v) is 5.39. The fourth-order valence-electron chi connectivity index (χ4n) is 3.95. The first-order chi connectivity index (χ1) is 14.7. The highest BCUT2D eigenvalue weighted by atomic mass is 16.1. The second-order valence-corrected chi connectivity index (χ2v) is 7.60. The number of benzene rings is 1. The molecule has 0 unspecified atom stereocenters. The van der Waals surface area contributed by atoms with Gasteiger partial charge in [0, 0.05) is 12.1 Å². The summed E-state index contributed by atoms with van der Waals surface area (Å²) in [4.78, 5) is 24.0. The average Bonchev–Trinajstić information content (AvgIpc) is 3.33. The maximum Gasteiger partial charge on any atom is 0.331 e. The number of aromatic nitrogens is 6. The molecule has 0 saturated heterocycles. The molecule has 3 N–H and O–H groups in total. The SMILES string of the molecule is Cc1cnc(N[C@H]2CC[C@H](Nc3ccc(-n4c(=O)[nH]c5ccccc54)cn3)C2)nn1. The van der Waals surface area contributed by atoms with Crippen molar-refractivity contribution < 1.29 is 0 Å². The van der Waals surface area contributed by atoms with Gasteiger partial charge in [-0.3, -0.25) is 4.57 Å². The van der Waals surface area contributed by atoms with Gasteiger partial charge in [-0.05, 0) is 50.5 Å². The summed E-state index contributed by atoms with van der Waals surface area (Å²) in [5.41, 5.74) is 3.01. The number of pyridine rings is 1. The molecular formula is C21H22N8O. The number of aromatic amines is 1. The van der Waals surface area contributed by atoms with E-state index in [4.69, 9.17) is 0 Å². The van der Waals surface area contributed by atoms with Crippen LogP contribution in [0.25, 0.3) is 16.7 Å². The zero-order valence-corrected chi connectivity index (χ0v) is 16.5. The summed E-state index contributed by atoms with van der Waals surface area (Å²) in [5, 5.41) is 14.9. The molecule has 1 fully saturated rings. The minimum Gasteiger partial charge on any atom is -0.367 e. The Morgan fingerprint density at radius 1 is 1.00 bits per heavy atom. The molecule has 0 amide bonds. The van der Waals surface area contributed by atoms with Gasteiger partial charge in [0.2, 0.25) is 5.95 Å². The second-order valence-electron chi connectivity index (χ2n) is 7.60. The molecule has 9 heteroatoms. The number of rotatable bonds is 5. The first-order valence-corrected chi connectivity index (χ1v) is 10.0. The van der Waals surface area contributed by atoms with Gasteiger partial charge in [0.1, 0.15) is 5.82 Å². The van der Waals surface area contributed by atoms with E-state index < -0.39 is 0 Å². The molecule has 1 saturated carbocycles. The smallest absolute Gasteiger partial charge is 0.331 e. The highest BCUT2D eigenvalue weighted by Crippen LogP contribution is 2.25. The van der Waals surface area contributed by atoms with Gasteiger partial charge >= 0.3 is 5.69 Å². The van der Waals surface area contributed by atoms with E-state index in [1.165, 1.54) is 0 Å². The Bertz CT molecular complexity index is 1210. The number of H-pyrrole nitrogens is 1. The van der Waals surface area contributed by atoms with Crippen molar-refractivity contribution in [3.63, 3.8) is 0 Å². The molecule has 3 heterocycles. The van der Waals surface area contributed by atoms with Crippen molar-refractivity contribution in [3.8, 4) is 5.69 Å². The first kappa shape index (κ1) is 18.3. The fourth-order valence-corrected chi connectivity index (χ4v) is 3.95. The van der Waals surface area contributed by atoms with Crippen LogP contribution < -0.4 is 16.3 Å². The molecule has 152 valence electrons. The van der Waals surface area contributed by atoms with Crippen LogP contribution in [0, 0.1) is 6.92 Å². The Morgan fingerprint density at radius 2 is 1.83 bits per heavy atom. The van der Waals surface area contributed by atoms with Gasteiger partial charge < -0.3 is 15.6 Å². The second kappa shape index (κ2) is 7.58. The van der Waals surface area contributed by atoms with Gasteiger partial charge in [-0.2, -0.15) is 5.10 Å². The van der Waals surface area contributed by atoms with Crippen molar-refractivity contribution in [3.05, 3.63) is 65.0 Å². The number of hydrogen-bond donors (Lipinski definition) is 3. The minimum absolute atomic E-state index is 0.170. The maximum atomic E-state index is 12.3. The lowest BCUT2D eigenvalue weighted by molar-refractivity contribution is 0.712. The molecule has 0 spiro atoms. The van der Waals surface area contributed by atoms with E-state index in [1.54, 1.807) is 17.0 Å². The summed E-state index contributed by atoms with van der Waals surface area (Å²) < 4.78 is 1.64. The average molecular weight is 402 g/mol. The van der Waals surface area contributed by atoms with Gasteiger partial charge in [-0.25, -0.2) is 14.8 Å². The Balaban J connectivity index is 1.25. The third kappa shape index (κ3) is 3.61. The fraction of sp³-hybridized carbons (Fsp3) is 0.286. The van der Waals surface area contributed by atoms with Crippen molar-refractivity contribution in [2.75, 3.05) is 10.6 Å². The quantitative estimate of drug-likeness (QED) is 0.470. The summed E-state index contributed by atoms with van der Waals surface area (Å²) >= 11 is 0. The number of anilines is 2. The number of nitrogens with zero attached hydrogens (tertiary/aromatic N) is 5. The van der Waals surface area contributed by atoms with Crippen molar-refractivity contribution >= 4 is 22.8 Å². The molecule has 5 rings (SSSR count). The third-order valence-electron chi connectivity index (χ3n) is 5.39. The van der Waals surface area contributed by atoms with Crippen LogP contribution in [0.4, 0.5) is 11.8 Å². The van der Waals surface area contributed by atoms with Crippen LogP contribution in [0.5, 0.6) is 0 Å². The zero-order valence-electron chi connectivity index (χ0n) is 16.5. The molecule has 4 aromatic rings. The van der Waals surface area contributed by atoms with E-state index >= 15 is 0 Å². The summed E-state index contributed by atoms with van der Waals surface area (Å²) in [7, 11) is 0. The van der Waals surface area contributed by atoms with Gasteiger partial charge in [-0.1, -0.05) is 12.1 Å². The molecule has 9 nitrogen and oxygen atoms in total. The van der Waals surface area contributed by atoms with Crippen LogP contribution in [0.1, 0.15) is 25.0 Å². The topological polar surface area (TPSA) is 113 Å². The van der Waals surface area contributed by atoms with E-state index in [0.29, 0.717) is 18.0 Å².